The molecule has 0 saturated heterocycles. The van der Waals surface area contributed by atoms with Crippen molar-refractivity contribution in [2.75, 3.05) is 0 Å². The summed E-state index contributed by atoms with van der Waals surface area (Å²) in [5, 5.41) is 11.9. The van der Waals surface area contributed by atoms with Gasteiger partial charge in [-0.25, -0.2) is 0 Å². The molecule has 0 aromatic heterocycles. The first-order valence-corrected chi connectivity index (χ1v) is 6.46. The summed E-state index contributed by atoms with van der Waals surface area (Å²) < 4.78 is 0. The van der Waals surface area contributed by atoms with Gasteiger partial charge in [0.05, 0.1) is 18.0 Å². The smallest absolute Gasteiger partial charge is 0.305 e. The number of rotatable bonds is 4. The van der Waals surface area contributed by atoms with Crippen LogP contribution in [0.5, 0.6) is 0 Å². The number of hydrogen-bond donors (Lipinski definition) is 3. The van der Waals surface area contributed by atoms with Gasteiger partial charge in [-0.15, -0.1) is 0 Å². The Morgan fingerprint density at radius 1 is 1.33 bits per heavy atom. The lowest BCUT2D eigenvalue weighted by atomic mass is 9.85. The first-order valence-electron chi connectivity index (χ1n) is 6.46. The first-order chi connectivity index (χ1) is 8.16. The minimum absolute atomic E-state index is 0.0183. The van der Waals surface area contributed by atoms with Crippen LogP contribution in [0.3, 0.4) is 0 Å². The summed E-state index contributed by atoms with van der Waals surface area (Å²) in [6, 6.07) is -0.622. The van der Waals surface area contributed by atoms with Crippen LogP contribution in [0.4, 0.5) is 0 Å². The number of carbonyl (C=O) groups excluding carboxylic acids is 1. The fourth-order valence-electron chi connectivity index (χ4n) is 2.42. The van der Waals surface area contributed by atoms with Crippen molar-refractivity contribution in [3.05, 3.63) is 0 Å². The summed E-state index contributed by atoms with van der Waals surface area (Å²) in [6.07, 6.45) is 3.34. The molecule has 1 aliphatic rings. The second-order valence-corrected chi connectivity index (χ2v) is 6.39. The van der Waals surface area contributed by atoms with E-state index in [1.54, 1.807) is 0 Å². The lowest BCUT2D eigenvalue weighted by Crippen LogP contribution is -2.56. The van der Waals surface area contributed by atoms with Crippen molar-refractivity contribution >= 4 is 11.9 Å². The van der Waals surface area contributed by atoms with Crippen LogP contribution in [-0.4, -0.2) is 28.6 Å². The zero-order valence-electron chi connectivity index (χ0n) is 11.5. The van der Waals surface area contributed by atoms with Crippen molar-refractivity contribution < 1.29 is 14.7 Å². The maximum Gasteiger partial charge on any atom is 0.305 e. The SMILES string of the molecule is CC(C)(C)[C@H](N)C(=O)NC1(CC(=O)O)CCCC1. The molecular formula is C13H24N2O3. The van der Waals surface area contributed by atoms with Gasteiger partial charge in [0.25, 0.3) is 0 Å². The van der Waals surface area contributed by atoms with Gasteiger partial charge in [-0.1, -0.05) is 33.6 Å². The van der Waals surface area contributed by atoms with Crippen LogP contribution in [-0.2, 0) is 9.59 Å². The highest BCUT2D eigenvalue weighted by Gasteiger charge is 2.39. The van der Waals surface area contributed by atoms with E-state index in [4.69, 9.17) is 10.8 Å². The molecule has 0 aromatic carbocycles. The number of nitrogens with two attached hydrogens (primary N) is 1. The van der Waals surface area contributed by atoms with E-state index >= 15 is 0 Å². The number of hydrogen-bond acceptors (Lipinski definition) is 3. The Bertz CT molecular complexity index is 328. The predicted molar refractivity (Wildman–Crippen MR) is 69.0 cm³/mol. The van der Waals surface area contributed by atoms with E-state index in [0.717, 1.165) is 25.7 Å². The molecule has 104 valence electrons. The van der Waals surface area contributed by atoms with Gasteiger partial charge in [0, 0.05) is 0 Å². The van der Waals surface area contributed by atoms with Crippen molar-refractivity contribution in [2.24, 2.45) is 11.1 Å². The zero-order valence-corrected chi connectivity index (χ0v) is 11.5. The Hall–Kier alpha value is -1.10. The Balaban J connectivity index is 2.73. The van der Waals surface area contributed by atoms with E-state index < -0.39 is 17.6 Å². The zero-order chi connectivity index (χ0) is 14.0. The molecule has 1 amide bonds. The van der Waals surface area contributed by atoms with Crippen molar-refractivity contribution in [2.45, 2.75) is 64.5 Å². The van der Waals surface area contributed by atoms with Crippen LogP contribution in [0.15, 0.2) is 0 Å². The van der Waals surface area contributed by atoms with Gasteiger partial charge in [0.1, 0.15) is 0 Å². The molecule has 0 radical (unpaired) electrons. The fraction of sp³-hybridized carbons (Fsp3) is 0.846. The molecule has 1 atom stereocenters. The molecule has 0 aliphatic heterocycles. The summed E-state index contributed by atoms with van der Waals surface area (Å²) in [5.74, 6) is -1.12. The molecule has 4 N–H and O–H groups in total. The number of carboxylic acids is 1. The van der Waals surface area contributed by atoms with Crippen molar-refractivity contribution in [3.8, 4) is 0 Å². The molecule has 0 unspecified atom stereocenters. The van der Waals surface area contributed by atoms with Crippen LogP contribution in [0.2, 0.25) is 0 Å². The number of nitrogens with one attached hydrogen (secondary N) is 1. The van der Waals surface area contributed by atoms with Crippen LogP contribution in [0.25, 0.3) is 0 Å². The minimum Gasteiger partial charge on any atom is -0.481 e. The molecule has 1 fully saturated rings. The standard InChI is InChI=1S/C13H24N2O3/c1-12(2,3)10(14)11(18)15-13(8-9(16)17)6-4-5-7-13/h10H,4-8,14H2,1-3H3,(H,15,18)(H,16,17)/t10-/m1/s1. The average Bonchev–Trinajstić information content (AvgIpc) is 2.62. The second-order valence-electron chi connectivity index (χ2n) is 6.39. The summed E-state index contributed by atoms with van der Waals surface area (Å²) in [5.41, 5.74) is 4.98. The van der Waals surface area contributed by atoms with E-state index in [2.05, 4.69) is 5.32 Å². The number of carbonyl (C=O) groups is 2. The van der Waals surface area contributed by atoms with Gasteiger partial charge in [-0.3, -0.25) is 9.59 Å². The van der Waals surface area contributed by atoms with E-state index in [1.165, 1.54) is 0 Å². The van der Waals surface area contributed by atoms with E-state index in [9.17, 15) is 9.59 Å². The quantitative estimate of drug-likeness (QED) is 0.706. The topological polar surface area (TPSA) is 92.4 Å². The monoisotopic (exact) mass is 256 g/mol. The third-order valence-corrected chi connectivity index (χ3v) is 3.65. The van der Waals surface area contributed by atoms with Crippen LogP contribution in [0, 0.1) is 5.41 Å². The molecule has 1 saturated carbocycles. The van der Waals surface area contributed by atoms with Gasteiger partial charge in [-0.2, -0.15) is 0 Å². The summed E-state index contributed by atoms with van der Waals surface area (Å²) >= 11 is 0. The van der Waals surface area contributed by atoms with Gasteiger partial charge >= 0.3 is 5.97 Å². The molecule has 5 heteroatoms. The highest BCUT2D eigenvalue weighted by molar-refractivity contribution is 5.83. The Labute approximate surface area is 108 Å². The largest absolute Gasteiger partial charge is 0.481 e. The molecule has 5 nitrogen and oxygen atoms in total. The lowest BCUT2D eigenvalue weighted by Gasteiger charge is -2.33. The third kappa shape index (κ3) is 3.70. The maximum absolute atomic E-state index is 12.1. The van der Waals surface area contributed by atoms with Crippen LogP contribution < -0.4 is 11.1 Å². The molecular weight excluding hydrogens is 232 g/mol. The molecule has 1 aliphatic carbocycles. The van der Waals surface area contributed by atoms with Gasteiger partial charge in [-0.05, 0) is 18.3 Å². The summed E-state index contributed by atoms with van der Waals surface area (Å²) in [6.45, 7) is 5.70. The van der Waals surface area contributed by atoms with E-state index in [-0.39, 0.29) is 17.7 Å². The number of carboxylic acid groups (broad SMARTS) is 1. The first kappa shape index (κ1) is 15.0. The van der Waals surface area contributed by atoms with Gasteiger partial charge in [0.15, 0.2) is 0 Å². The van der Waals surface area contributed by atoms with Gasteiger partial charge in [0.2, 0.25) is 5.91 Å². The third-order valence-electron chi connectivity index (χ3n) is 3.65. The molecule has 1 rings (SSSR count). The van der Waals surface area contributed by atoms with Gasteiger partial charge < -0.3 is 16.2 Å². The highest BCUT2D eigenvalue weighted by atomic mass is 16.4. The summed E-state index contributed by atoms with van der Waals surface area (Å²) in [7, 11) is 0. The second kappa shape index (κ2) is 5.26. The molecule has 0 heterocycles. The normalized spacial score (nSPS) is 20.4. The molecule has 18 heavy (non-hydrogen) atoms. The van der Waals surface area contributed by atoms with Crippen molar-refractivity contribution in [1.82, 2.24) is 5.32 Å². The minimum atomic E-state index is -0.874. The average molecular weight is 256 g/mol. The van der Waals surface area contributed by atoms with Crippen LogP contribution in [0.1, 0.15) is 52.9 Å². The lowest BCUT2D eigenvalue weighted by molar-refractivity contribution is -0.139. The summed E-state index contributed by atoms with van der Waals surface area (Å²) in [4.78, 5) is 23.0. The van der Waals surface area contributed by atoms with Crippen LogP contribution >= 0.6 is 0 Å². The Morgan fingerprint density at radius 3 is 2.22 bits per heavy atom. The molecule has 0 bridgehead atoms. The van der Waals surface area contributed by atoms with Crippen molar-refractivity contribution in [1.29, 1.82) is 0 Å². The van der Waals surface area contributed by atoms with E-state index in [1.807, 2.05) is 20.8 Å². The number of aliphatic carboxylic acids is 1. The predicted octanol–water partition coefficient (Wildman–Crippen LogP) is 1.26. The van der Waals surface area contributed by atoms with E-state index in [0.29, 0.717) is 0 Å². The molecule has 0 aromatic rings. The fourth-order valence-corrected chi connectivity index (χ4v) is 2.42. The molecule has 0 spiro atoms. The number of amides is 1. The highest BCUT2D eigenvalue weighted by Crippen LogP contribution is 2.33. The van der Waals surface area contributed by atoms with Crippen molar-refractivity contribution in [3.63, 3.8) is 0 Å². The Kier molecular flexibility index (Phi) is 4.37. The maximum atomic E-state index is 12.1. The Morgan fingerprint density at radius 2 is 1.83 bits per heavy atom.